The monoisotopic (exact) mass is 412 g/mol. The van der Waals surface area contributed by atoms with Crippen molar-refractivity contribution in [3.63, 3.8) is 0 Å². The molecule has 0 spiro atoms. The first-order valence-corrected chi connectivity index (χ1v) is 10.2. The van der Waals surface area contributed by atoms with E-state index in [0.717, 1.165) is 38.3 Å². The fourth-order valence-corrected chi connectivity index (χ4v) is 4.57. The van der Waals surface area contributed by atoms with Gasteiger partial charge in [-0.15, -0.1) is 11.3 Å². The maximum atomic E-state index is 13.7. The lowest BCUT2D eigenvalue weighted by Crippen LogP contribution is -1.90. The third kappa shape index (κ3) is 2.99. The first-order chi connectivity index (χ1) is 14.7. The van der Waals surface area contributed by atoms with Crippen molar-refractivity contribution in [2.45, 2.75) is 0 Å². The molecular weight excluding hydrogens is 398 g/mol. The second-order valence-corrected chi connectivity index (χ2v) is 7.82. The van der Waals surface area contributed by atoms with Crippen LogP contribution in [0, 0.1) is 23.0 Å². The molecule has 0 radical (unpaired) electrons. The minimum atomic E-state index is -0.312. The molecule has 0 N–H and O–H groups in total. The molecule has 5 aromatic rings. The highest BCUT2D eigenvalue weighted by Gasteiger charge is 2.23. The second kappa shape index (κ2) is 7.25. The van der Waals surface area contributed by atoms with Gasteiger partial charge in [-0.25, -0.2) is 8.78 Å². The fraction of sp³-hybridized carbons (Fsp3) is 0. The third-order valence-electron chi connectivity index (χ3n) is 5.09. The van der Waals surface area contributed by atoms with Crippen LogP contribution in [0.2, 0.25) is 0 Å². The number of rotatable bonds is 3. The summed E-state index contributed by atoms with van der Waals surface area (Å²) in [7, 11) is 0. The Kier molecular flexibility index (Phi) is 4.42. The van der Waals surface area contributed by atoms with Crippen LogP contribution in [0.5, 0.6) is 0 Å². The molecule has 0 atom stereocenters. The average molecular weight is 412 g/mol. The van der Waals surface area contributed by atoms with Gasteiger partial charge < -0.3 is 4.40 Å². The number of halogens is 2. The van der Waals surface area contributed by atoms with Crippen molar-refractivity contribution in [2.75, 3.05) is 0 Å². The summed E-state index contributed by atoms with van der Waals surface area (Å²) >= 11 is 1.60. The number of fused-ring (bicyclic) bond motifs is 1. The maximum Gasteiger partial charge on any atom is 0.123 e. The zero-order valence-electron chi connectivity index (χ0n) is 15.6. The van der Waals surface area contributed by atoms with Gasteiger partial charge in [-0.1, -0.05) is 18.2 Å². The van der Waals surface area contributed by atoms with Crippen LogP contribution < -0.4 is 0 Å². The normalized spacial score (nSPS) is 11.0. The number of thiophene rings is 1. The van der Waals surface area contributed by atoms with E-state index in [1.807, 2.05) is 34.2 Å². The molecular formula is C25H14F2N2S. The fourth-order valence-electron chi connectivity index (χ4n) is 3.78. The van der Waals surface area contributed by atoms with Crippen LogP contribution in [0.4, 0.5) is 8.78 Å². The smallest absolute Gasteiger partial charge is 0.123 e. The molecule has 0 aliphatic heterocycles. The molecule has 0 saturated carbocycles. The quantitative estimate of drug-likeness (QED) is 0.309. The summed E-state index contributed by atoms with van der Waals surface area (Å²) in [5.41, 5.74) is 5.85. The van der Waals surface area contributed by atoms with Crippen LogP contribution in [0.1, 0.15) is 5.56 Å². The summed E-state index contributed by atoms with van der Waals surface area (Å²) in [4.78, 5) is 1.04. The third-order valence-corrected chi connectivity index (χ3v) is 5.97. The predicted octanol–water partition coefficient (Wildman–Crippen LogP) is 7.15. The molecule has 0 fully saturated rings. The van der Waals surface area contributed by atoms with Gasteiger partial charge in [0.05, 0.1) is 22.8 Å². The maximum absolute atomic E-state index is 13.7. The van der Waals surface area contributed by atoms with E-state index in [1.165, 1.54) is 24.3 Å². The summed E-state index contributed by atoms with van der Waals surface area (Å²) in [6.45, 7) is 0. The van der Waals surface area contributed by atoms with Crippen LogP contribution in [-0.4, -0.2) is 4.40 Å². The number of pyridine rings is 1. The van der Waals surface area contributed by atoms with E-state index < -0.39 is 0 Å². The van der Waals surface area contributed by atoms with Crippen molar-refractivity contribution in [1.29, 1.82) is 5.26 Å². The van der Waals surface area contributed by atoms with Crippen LogP contribution in [-0.2, 0) is 0 Å². The number of hydrogen-bond acceptors (Lipinski definition) is 2. The summed E-state index contributed by atoms with van der Waals surface area (Å²) in [6.07, 6.45) is 1.86. The molecule has 0 amide bonds. The zero-order chi connectivity index (χ0) is 20.7. The number of nitrogens with zero attached hydrogens (tertiary/aromatic N) is 2. The lowest BCUT2D eigenvalue weighted by molar-refractivity contribution is 0.627. The molecule has 0 aliphatic rings. The van der Waals surface area contributed by atoms with Gasteiger partial charge in [-0.05, 0) is 71.1 Å². The number of hydrogen-bond donors (Lipinski definition) is 0. The van der Waals surface area contributed by atoms with E-state index in [2.05, 4.69) is 6.07 Å². The SMILES string of the molecule is N#Cc1ccn2c(-c3ccc(F)cc3)c(-c3ccc(F)cc3)c(-c3cccs3)c2c1. The van der Waals surface area contributed by atoms with Gasteiger partial charge >= 0.3 is 0 Å². The molecule has 144 valence electrons. The molecule has 5 rings (SSSR count). The molecule has 3 aromatic heterocycles. The topological polar surface area (TPSA) is 28.2 Å². The largest absolute Gasteiger partial charge is 0.315 e. The van der Waals surface area contributed by atoms with E-state index in [1.54, 1.807) is 41.7 Å². The molecule has 2 aromatic carbocycles. The van der Waals surface area contributed by atoms with Crippen LogP contribution in [0.3, 0.4) is 0 Å². The van der Waals surface area contributed by atoms with Crippen LogP contribution in [0.15, 0.2) is 84.4 Å². The molecule has 0 unspecified atom stereocenters. The Balaban J connectivity index is 1.96. The van der Waals surface area contributed by atoms with E-state index in [-0.39, 0.29) is 11.6 Å². The first-order valence-electron chi connectivity index (χ1n) is 9.29. The summed E-state index contributed by atoms with van der Waals surface area (Å²) in [6, 6.07) is 22.5. The minimum absolute atomic E-state index is 0.310. The van der Waals surface area contributed by atoms with Gasteiger partial charge in [0.25, 0.3) is 0 Å². The highest BCUT2D eigenvalue weighted by molar-refractivity contribution is 7.13. The number of benzene rings is 2. The molecule has 0 bridgehead atoms. The molecule has 3 heterocycles. The number of nitriles is 1. The standard InChI is InChI=1S/C25H14F2N2S/c26-19-7-3-17(4-8-19)23-24(22-2-1-13-30-22)21-14-16(15-28)11-12-29(21)25(23)18-5-9-20(27)10-6-18/h1-14H. The van der Waals surface area contributed by atoms with Crippen LogP contribution >= 0.6 is 11.3 Å². The summed E-state index contributed by atoms with van der Waals surface area (Å²) < 4.78 is 29.3. The minimum Gasteiger partial charge on any atom is -0.315 e. The van der Waals surface area contributed by atoms with Gasteiger partial charge in [-0.3, -0.25) is 0 Å². The van der Waals surface area contributed by atoms with Crippen molar-refractivity contribution in [1.82, 2.24) is 4.40 Å². The highest BCUT2D eigenvalue weighted by atomic mass is 32.1. The molecule has 0 aliphatic carbocycles. The van der Waals surface area contributed by atoms with Gasteiger partial charge in [0, 0.05) is 22.2 Å². The van der Waals surface area contributed by atoms with Crippen molar-refractivity contribution in [3.05, 3.63) is 102 Å². The molecule has 5 heteroatoms. The van der Waals surface area contributed by atoms with E-state index in [4.69, 9.17) is 0 Å². The van der Waals surface area contributed by atoms with Gasteiger partial charge in [0.2, 0.25) is 0 Å². The predicted molar refractivity (Wildman–Crippen MR) is 116 cm³/mol. The Morgan fingerprint density at radius 3 is 2.07 bits per heavy atom. The van der Waals surface area contributed by atoms with Gasteiger partial charge in [0.1, 0.15) is 11.6 Å². The average Bonchev–Trinajstić information content (AvgIpc) is 3.40. The molecule has 30 heavy (non-hydrogen) atoms. The Morgan fingerprint density at radius 2 is 1.47 bits per heavy atom. The summed E-state index contributed by atoms with van der Waals surface area (Å²) in [5.74, 6) is -0.622. The first kappa shape index (κ1) is 18.3. The number of aromatic nitrogens is 1. The highest BCUT2D eigenvalue weighted by Crippen LogP contribution is 2.46. The Labute approximate surface area is 175 Å². The van der Waals surface area contributed by atoms with Crippen molar-refractivity contribution in [3.8, 4) is 38.9 Å². The Morgan fingerprint density at radius 1 is 0.800 bits per heavy atom. The van der Waals surface area contributed by atoms with Crippen LogP contribution in [0.25, 0.3) is 38.3 Å². The van der Waals surface area contributed by atoms with Gasteiger partial charge in [0.15, 0.2) is 0 Å². The molecule has 0 saturated heterocycles. The van der Waals surface area contributed by atoms with E-state index in [9.17, 15) is 14.0 Å². The zero-order valence-corrected chi connectivity index (χ0v) is 16.5. The van der Waals surface area contributed by atoms with E-state index >= 15 is 0 Å². The Bertz CT molecular complexity index is 1390. The summed E-state index contributed by atoms with van der Waals surface area (Å²) in [5, 5.41) is 11.4. The second-order valence-electron chi connectivity index (χ2n) is 6.87. The van der Waals surface area contributed by atoms with Crippen molar-refractivity contribution in [2.24, 2.45) is 0 Å². The van der Waals surface area contributed by atoms with Crippen molar-refractivity contribution >= 4 is 16.9 Å². The lowest BCUT2D eigenvalue weighted by Gasteiger charge is -2.09. The van der Waals surface area contributed by atoms with E-state index in [0.29, 0.717) is 5.56 Å². The van der Waals surface area contributed by atoms with Crippen molar-refractivity contribution < 1.29 is 8.78 Å². The molecule has 2 nitrogen and oxygen atoms in total. The lowest BCUT2D eigenvalue weighted by atomic mass is 9.96. The Hall–Kier alpha value is -3.75. The van der Waals surface area contributed by atoms with Gasteiger partial charge in [-0.2, -0.15) is 5.26 Å².